The lowest BCUT2D eigenvalue weighted by atomic mass is 10.3. The third-order valence-electron chi connectivity index (χ3n) is 2.63. The van der Waals surface area contributed by atoms with E-state index in [1.807, 2.05) is 0 Å². The Morgan fingerprint density at radius 2 is 1.91 bits per heavy atom. The highest BCUT2D eigenvalue weighted by Crippen LogP contribution is 2.24. The van der Waals surface area contributed by atoms with Crippen molar-refractivity contribution in [1.82, 2.24) is 10.6 Å². The summed E-state index contributed by atoms with van der Waals surface area (Å²) in [6.45, 7) is 0.107. The minimum atomic E-state index is -0.522. The van der Waals surface area contributed by atoms with Crippen LogP contribution in [-0.2, 0) is 11.3 Å². The number of furan rings is 1. The van der Waals surface area contributed by atoms with Gasteiger partial charge in [-0.3, -0.25) is 4.79 Å². The molecule has 3 N–H and O–H groups in total. The number of rotatable bonds is 5. The summed E-state index contributed by atoms with van der Waals surface area (Å²) in [4.78, 5) is 23.2. The lowest BCUT2D eigenvalue weighted by molar-refractivity contribution is -0.120. The fraction of sp³-hybridized carbons (Fsp3) is 0.143. The lowest BCUT2D eigenvalue weighted by Gasteiger charge is -2.08. The molecule has 1 aromatic carbocycles. The average molecular weight is 342 g/mol. The predicted octanol–water partition coefficient (Wildman–Crippen LogP) is 3.02. The third-order valence-corrected chi connectivity index (χ3v) is 3.37. The van der Waals surface area contributed by atoms with Gasteiger partial charge in [0, 0.05) is 5.69 Å². The Kier molecular flexibility index (Phi) is 5.68. The van der Waals surface area contributed by atoms with Gasteiger partial charge in [0.25, 0.3) is 0 Å². The van der Waals surface area contributed by atoms with Crippen LogP contribution in [0.25, 0.3) is 0 Å². The standard InChI is InChI=1S/C14H13Cl2N3O3/c15-11-4-3-9(6-12(11)16)19-14(21)18-8-13(20)17-7-10-2-1-5-22-10/h1-6H,7-8H2,(H,17,20)(H2,18,19,21). The zero-order chi connectivity index (χ0) is 15.9. The molecule has 0 radical (unpaired) electrons. The number of benzene rings is 1. The number of halogens is 2. The van der Waals surface area contributed by atoms with Crippen molar-refractivity contribution in [3.05, 3.63) is 52.4 Å². The van der Waals surface area contributed by atoms with Gasteiger partial charge < -0.3 is 20.4 Å². The van der Waals surface area contributed by atoms with Crippen LogP contribution < -0.4 is 16.0 Å². The molecular formula is C14H13Cl2N3O3. The molecule has 0 spiro atoms. The van der Waals surface area contributed by atoms with Gasteiger partial charge in [-0.1, -0.05) is 23.2 Å². The van der Waals surface area contributed by atoms with Crippen LogP contribution in [0.3, 0.4) is 0 Å². The lowest BCUT2D eigenvalue weighted by Crippen LogP contribution is -2.38. The van der Waals surface area contributed by atoms with Gasteiger partial charge in [-0.25, -0.2) is 4.79 Å². The van der Waals surface area contributed by atoms with Crippen molar-refractivity contribution in [1.29, 1.82) is 0 Å². The van der Waals surface area contributed by atoms with Crippen LogP contribution in [0.15, 0.2) is 41.0 Å². The SMILES string of the molecule is O=C(CNC(=O)Nc1ccc(Cl)c(Cl)c1)NCc1ccco1. The summed E-state index contributed by atoms with van der Waals surface area (Å²) in [5.41, 5.74) is 0.475. The van der Waals surface area contributed by atoms with Crippen molar-refractivity contribution in [3.63, 3.8) is 0 Å². The summed E-state index contributed by atoms with van der Waals surface area (Å²) < 4.78 is 5.07. The normalized spacial score (nSPS) is 10.1. The molecule has 0 fully saturated rings. The van der Waals surface area contributed by atoms with Gasteiger partial charge in [0.05, 0.1) is 29.4 Å². The summed E-state index contributed by atoms with van der Waals surface area (Å²) in [5, 5.41) is 8.30. The minimum absolute atomic E-state index is 0.159. The molecule has 2 aromatic rings. The van der Waals surface area contributed by atoms with Crippen LogP contribution in [0.5, 0.6) is 0 Å². The van der Waals surface area contributed by atoms with Crippen molar-refractivity contribution in [2.45, 2.75) is 6.54 Å². The maximum absolute atomic E-state index is 11.6. The summed E-state index contributed by atoms with van der Waals surface area (Å²) in [7, 11) is 0. The van der Waals surface area contributed by atoms with Crippen LogP contribution in [0, 0.1) is 0 Å². The number of amides is 3. The van der Waals surface area contributed by atoms with E-state index >= 15 is 0 Å². The summed E-state index contributed by atoms with van der Waals surface area (Å²) in [5.74, 6) is 0.300. The Bertz CT molecular complexity index is 659. The van der Waals surface area contributed by atoms with Crippen molar-refractivity contribution in [2.75, 3.05) is 11.9 Å². The van der Waals surface area contributed by atoms with E-state index in [0.717, 1.165) is 0 Å². The van der Waals surface area contributed by atoms with Crippen molar-refractivity contribution in [2.24, 2.45) is 0 Å². The number of hydrogen-bond acceptors (Lipinski definition) is 3. The molecular weight excluding hydrogens is 329 g/mol. The quantitative estimate of drug-likeness (QED) is 0.781. The van der Waals surface area contributed by atoms with E-state index in [1.54, 1.807) is 24.3 Å². The fourth-order valence-corrected chi connectivity index (χ4v) is 1.87. The first kappa shape index (κ1) is 16.2. The predicted molar refractivity (Wildman–Crippen MR) is 84.0 cm³/mol. The Hall–Kier alpha value is -2.18. The first-order valence-electron chi connectivity index (χ1n) is 6.33. The van der Waals surface area contributed by atoms with E-state index in [1.165, 1.54) is 12.3 Å². The first-order chi connectivity index (χ1) is 10.5. The van der Waals surface area contributed by atoms with Gasteiger partial charge in [0.1, 0.15) is 5.76 Å². The second-order valence-electron chi connectivity index (χ2n) is 4.29. The summed E-state index contributed by atoms with van der Waals surface area (Å²) >= 11 is 11.6. The number of urea groups is 1. The molecule has 0 aliphatic heterocycles. The summed E-state index contributed by atoms with van der Waals surface area (Å²) in [6.07, 6.45) is 1.52. The Labute approximate surface area is 136 Å². The van der Waals surface area contributed by atoms with Gasteiger partial charge in [-0.15, -0.1) is 0 Å². The van der Waals surface area contributed by atoms with Gasteiger partial charge in [0.15, 0.2) is 0 Å². The molecule has 1 aromatic heterocycles. The van der Waals surface area contributed by atoms with E-state index in [2.05, 4.69) is 16.0 Å². The zero-order valence-electron chi connectivity index (χ0n) is 11.4. The molecule has 1 heterocycles. The van der Waals surface area contributed by atoms with E-state index in [-0.39, 0.29) is 19.0 Å². The van der Waals surface area contributed by atoms with Crippen LogP contribution in [0.4, 0.5) is 10.5 Å². The molecule has 2 rings (SSSR count). The Balaban J connectivity index is 1.72. The molecule has 8 heteroatoms. The molecule has 0 atom stereocenters. The van der Waals surface area contributed by atoms with Crippen molar-refractivity contribution >= 4 is 40.8 Å². The van der Waals surface area contributed by atoms with Crippen molar-refractivity contribution in [3.8, 4) is 0 Å². The highest BCUT2D eigenvalue weighted by molar-refractivity contribution is 6.42. The molecule has 116 valence electrons. The van der Waals surface area contributed by atoms with Gasteiger partial charge in [0.2, 0.25) is 5.91 Å². The summed E-state index contributed by atoms with van der Waals surface area (Å²) in [6, 6.07) is 7.63. The fourth-order valence-electron chi connectivity index (χ4n) is 1.57. The number of carbonyl (C=O) groups is 2. The second-order valence-corrected chi connectivity index (χ2v) is 5.11. The molecule has 0 bridgehead atoms. The smallest absolute Gasteiger partial charge is 0.319 e. The molecule has 22 heavy (non-hydrogen) atoms. The molecule has 0 unspecified atom stereocenters. The average Bonchev–Trinajstić information content (AvgIpc) is 3.00. The highest BCUT2D eigenvalue weighted by atomic mass is 35.5. The molecule has 3 amide bonds. The van der Waals surface area contributed by atoms with Crippen LogP contribution in [-0.4, -0.2) is 18.5 Å². The van der Waals surface area contributed by atoms with Gasteiger partial charge >= 0.3 is 6.03 Å². The molecule has 0 aliphatic rings. The zero-order valence-corrected chi connectivity index (χ0v) is 12.9. The molecule has 6 nitrogen and oxygen atoms in total. The number of hydrogen-bond donors (Lipinski definition) is 3. The van der Waals surface area contributed by atoms with Crippen LogP contribution in [0.2, 0.25) is 10.0 Å². The van der Waals surface area contributed by atoms with E-state index in [0.29, 0.717) is 21.5 Å². The largest absolute Gasteiger partial charge is 0.467 e. The molecule has 0 saturated carbocycles. The Morgan fingerprint density at radius 3 is 2.59 bits per heavy atom. The Morgan fingerprint density at radius 1 is 1.09 bits per heavy atom. The maximum Gasteiger partial charge on any atom is 0.319 e. The molecule has 0 aliphatic carbocycles. The van der Waals surface area contributed by atoms with Gasteiger partial charge in [-0.2, -0.15) is 0 Å². The topological polar surface area (TPSA) is 83.4 Å². The van der Waals surface area contributed by atoms with Crippen LogP contribution >= 0.6 is 23.2 Å². The van der Waals surface area contributed by atoms with E-state index in [9.17, 15) is 9.59 Å². The highest BCUT2D eigenvalue weighted by Gasteiger charge is 2.07. The third kappa shape index (κ3) is 4.98. The van der Waals surface area contributed by atoms with E-state index < -0.39 is 6.03 Å². The first-order valence-corrected chi connectivity index (χ1v) is 7.09. The van der Waals surface area contributed by atoms with E-state index in [4.69, 9.17) is 27.6 Å². The number of carbonyl (C=O) groups excluding carboxylic acids is 2. The van der Waals surface area contributed by atoms with Crippen LogP contribution in [0.1, 0.15) is 5.76 Å². The second kappa shape index (κ2) is 7.72. The van der Waals surface area contributed by atoms with Crippen molar-refractivity contribution < 1.29 is 14.0 Å². The molecule has 0 saturated heterocycles. The number of anilines is 1. The van der Waals surface area contributed by atoms with Gasteiger partial charge in [-0.05, 0) is 30.3 Å². The number of nitrogens with one attached hydrogen (secondary N) is 3. The minimum Gasteiger partial charge on any atom is -0.467 e. The maximum atomic E-state index is 11.6. The monoisotopic (exact) mass is 341 g/mol.